The number of hydrogen-bond donors (Lipinski definition) is 0. The highest BCUT2D eigenvalue weighted by Crippen LogP contribution is 2.15. The molecule has 0 saturated heterocycles. The van der Waals surface area contributed by atoms with E-state index in [1.165, 1.54) is 6.92 Å². The van der Waals surface area contributed by atoms with Crippen molar-refractivity contribution in [3.05, 3.63) is 48.8 Å². The maximum Gasteiger partial charge on any atom is 0.308 e. The molecule has 1 heterocycles. The highest BCUT2D eigenvalue weighted by atomic mass is 16.5. The molecule has 0 radical (unpaired) electrons. The molecule has 0 saturated carbocycles. The topological polar surface area (TPSA) is 31.2 Å². The van der Waals surface area contributed by atoms with Crippen molar-refractivity contribution in [3.8, 4) is 11.4 Å². The zero-order valence-electron chi connectivity index (χ0n) is 8.38. The minimum absolute atomic E-state index is 0.302. The molecule has 1 aromatic carbocycles. The van der Waals surface area contributed by atoms with Crippen molar-refractivity contribution in [2.75, 3.05) is 0 Å². The molecular weight excluding hydrogens is 190 g/mol. The first kappa shape index (κ1) is 9.52. The summed E-state index contributed by atoms with van der Waals surface area (Å²) in [5.74, 6) is 0.266. The second-order valence-corrected chi connectivity index (χ2v) is 3.18. The lowest BCUT2D eigenvalue weighted by atomic mass is 10.3. The zero-order chi connectivity index (χ0) is 10.7. The van der Waals surface area contributed by atoms with Crippen molar-refractivity contribution >= 4 is 5.97 Å². The fraction of sp³-hybridized carbons (Fsp3) is 0.0833. The Balaban J connectivity index is 2.21. The van der Waals surface area contributed by atoms with Crippen molar-refractivity contribution < 1.29 is 9.53 Å². The third-order valence-electron chi connectivity index (χ3n) is 2.00. The number of hydrogen-bond acceptors (Lipinski definition) is 2. The summed E-state index contributed by atoms with van der Waals surface area (Å²) >= 11 is 0. The molecule has 0 atom stereocenters. The Kier molecular flexibility index (Phi) is 2.54. The molecule has 15 heavy (non-hydrogen) atoms. The summed E-state index contributed by atoms with van der Waals surface area (Å²) in [4.78, 5) is 10.7. The van der Waals surface area contributed by atoms with E-state index in [0.717, 1.165) is 5.69 Å². The lowest BCUT2D eigenvalue weighted by Gasteiger charge is -2.04. The van der Waals surface area contributed by atoms with Gasteiger partial charge in [0.05, 0.1) is 0 Å². The van der Waals surface area contributed by atoms with Gasteiger partial charge in [-0.3, -0.25) is 4.79 Å². The zero-order valence-corrected chi connectivity index (χ0v) is 8.38. The standard InChI is InChI=1S/C12H11NO2/c1-10(14)15-12-6-4-11(5-7-12)13-8-2-3-9-13/h2-9H,1H3. The number of nitrogens with zero attached hydrogens (tertiary/aromatic N) is 1. The van der Waals surface area contributed by atoms with E-state index in [0.29, 0.717) is 5.75 Å². The quantitative estimate of drug-likeness (QED) is 0.552. The van der Waals surface area contributed by atoms with Gasteiger partial charge in [-0.25, -0.2) is 0 Å². The maximum absolute atomic E-state index is 10.7. The molecular formula is C12H11NO2. The lowest BCUT2D eigenvalue weighted by Crippen LogP contribution is -2.01. The number of rotatable bonds is 2. The third kappa shape index (κ3) is 2.26. The van der Waals surface area contributed by atoms with Crippen LogP contribution in [0.2, 0.25) is 0 Å². The molecule has 3 heteroatoms. The predicted molar refractivity (Wildman–Crippen MR) is 57.1 cm³/mol. The fourth-order valence-electron chi connectivity index (χ4n) is 1.36. The monoisotopic (exact) mass is 201 g/mol. The first-order chi connectivity index (χ1) is 7.25. The molecule has 0 aliphatic carbocycles. The Bertz CT molecular complexity index is 443. The Labute approximate surface area is 87.9 Å². The molecule has 0 fully saturated rings. The highest BCUT2D eigenvalue weighted by Gasteiger charge is 1.98. The molecule has 2 aromatic rings. The first-order valence-corrected chi connectivity index (χ1v) is 4.67. The van der Waals surface area contributed by atoms with Crippen LogP contribution in [-0.4, -0.2) is 10.5 Å². The van der Waals surface area contributed by atoms with E-state index in [1.807, 2.05) is 41.2 Å². The van der Waals surface area contributed by atoms with E-state index >= 15 is 0 Å². The Morgan fingerprint density at radius 1 is 1.13 bits per heavy atom. The molecule has 0 N–H and O–H groups in total. The van der Waals surface area contributed by atoms with Crippen LogP contribution in [0.25, 0.3) is 5.69 Å². The largest absolute Gasteiger partial charge is 0.427 e. The molecule has 0 aliphatic rings. The minimum Gasteiger partial charge on any atom is -0.427 e. The van der Waals surface area contributed by atoms with Gasteiger partial charge >= 0.3 is 5.97 Å². The maximum atomic E-state index is 10.7. The Morgan fingerprint density at radius 3 is 2.27 bits per heavy atom. The second-order valence-electron chi connectivity index (χ2n) is 3.18. The van der Waals surface area contributed by atoms with Crippen LogP contribution in [0.15, 0.2) is 48.8 Å². The van der Waals surface area contributed by atoms with Gasteiger partial charge < -0.3 is 9.30 Å². The van der Waals surface area contributed by atoms with Gasteiger partial charge in [0, 0.05) is 25.0 Å². The van der Waals surface area contributed by atoms with Crippen LogP contribution in [0, 0.1) is 0 Å². The molecule has 1 aromatic heterocycles. The van der Waals surface area contributed by atoms with E-state index in [4.69, 9.17) is 4.74 Å². The van der Waals surface area contributed by atoms with Gasteiger partial charge in [-0.1, -0.05) is 0 Å². The Morgan fingerprint density at radius 2 is 1.73 bits per heavy atom. The molecule has 2 rings (SSSR count). The summed E-state index contributed by atoms with van der Waals surface area (Å²) in [5, 5.41) is 0. The molecule has 0 amide bonds. The second kappa shape index (κ2) is 4.00. The highest BCUT2D eigenvalue weighted by molar-refractivity contribution is 5.69. The number of aromatic nitrogens is 1. The van der Waals surface area contributed by atoms with Gasteiger partial charge in [-0.2, -0.15) is 0 Å². The van der Waals surface area contributed by atoms with E-state index < -0.39 is 0 Å². The summed E-state index contributed by atoms with van der Waals surface area (Å²) in [6.45, 7) is 1.39. The van der Waals surface area contributed by atoms with Crippen LogP contribution in [0.4, 0.5) is 0 Å². The van der Waals surface area contributed by atoms with Crippen LogP contribution in [0.3, 0.4) is 0 Å². The van der Waals surface area contributed by atoms with Crippen molar-refractivity contribution in [2.45, 2.75) is 6.92 Å². The number of ether oxygens (including phenoxy) is 1. The van der Waals surface area contributed by atoms with Crippen LogP contribution in [0.1, 0.15) is 6.92 Å². The van der Waals surface area contributed by atoms with E-state index in [1.54, 1.807) is 12.1 Å². The van der Waals surface area contributed by atoms with Gasteiger partial charge in [0.1, 0.15) is 5.75 Å². The number of carbonyl (C=O) groups excluding carboxylic acids is 1. The van der Waals surface area contributed by atoms with E-state index in [9.17, 15) is 4.79 Å². The molecule has 76 valence electrons. The molecule has 3 nitrogen and oxygen atoms in total. The molecule has 0 spiro atoms. The van der Waals surface area contributed by atoms with Gasteiger partial charge in [0.2, 0.25) is 0 Å². The van der Waals surface area contributed by atoms with Crippen LogP contribution in [-0.2, 0) is 4.79 Å². The average Bonchev–Trinajstić information content (AvgIpc) is 2.71. The summed E-state index contributed by atoms with van der Waals surface area (Å²) in [5.41, 5.74) is 1.04. The van der Waals surface area contributed by atoms with Crippen molar-refractivity contribution in [3.63, 3.8) is 0 Å². The van der Waals surface area contributed by atoms with E-state index in [2.05, 4.69) is 0 Å². The Hall–Kier alpha value is -2.03. The number of esters is 1. The van der Waals surface area contributed by atoms with Crippen molar-refractivity contribution in [1.29, 1.82) is 0 Å². The summed E-state index contributed by atoms with van der Waals surface area (Å²) in [6.07, 6.45) is 3.92. The van der Waals surface area contributed by atoms with Gasteiger partial charge in [0.15, 0.2) is 0 Å². The molecule has 0 bridgehead atoms. The summed E-state index contributed by atoms with van der Waals surface area (Å²) in [6, 6.07) is 11.3. The third-order valence-corrected chi connectivity index (χ3v) is 2.00. The van der Waals surface area contributed by atoms with Crippen molar-refractivity contribution in [1.82, 2.24) is 4.57 Å². The van der Waals surface area contributed by atoms with Gasteiger partial charge in [-0.05, 0) is 36.4 Å². The van der Waals surface area contributed by atoms with Crippen LogP contribution >= 0.6 is 0 Å². The SMILES string of the molecule is CC(=O)Oc1ccc(-n2cccc2)cc1. The van der Waals surface area contributed by atoms with Gasteiger partial charge in [0.25, 0.3) is 0 Å². The molecule has 0 unspecified atom stereocenters. The van der Waals surface area contributed by atoms with Crippen LogP contribution in [0.5, 0.6) is 5.75 Å². The van der Waals surface area contributed by atoms with E-state index in [-0.39, 0.29) is 5.97 Å². The molecule has 0 aliphatic heterocycles. The predicted octanol–water partition coefficient (Wildman–Crippen LogP) is 2.40. The van der Waals surface area contributed by atoms with Gasteiger partial charge in [-0.15, -0.1) is 0 Å². The number of carbonyl (C=O) groups is 1. The normalized spacial score (nSPS) is 9.93. The minimum atomic E-state index is -0.302. The fourth-order valence-corrected chi connectivity index (χ4v) is 1.36. The van der Waals surface area contributed by atoms with Crippen LogP contribution < -0.4 is 4.74 Å². The van der Waals surface area contributed by atoms with Crippen molar-refractivity contribution in [2.24, 2.45) is 0 Å². The lowest BCUT2D eigenvalue weighted by molar-refractivity contribution is -0.131. The smallest absolute Gasteiger partial charge is 0.308 e. The summed E-state index contributed by atoms with van der Waals surface area (Å²) < 4.78 is 6.92. The first-order valence-electron chi connectivity index (χ1n) is 4.67. The summed E-state index contributed by atoms with van der Waals surface area (Å²) in [7, 11) is 0. The number of benzene rings is 1. The average molecular weight is 201 g/mol.